The maximum absolute atomic E-state index is 5.44. The van der Waals surface area contributed by atoms with Gasteiger partial charge in [-0.05, 0) is 38.6 Å². The van der Waals surface area contributed by atoms with E-state index in [1.165, 1.54) is 27.7 Å². The summed E-state index contributed by atoms with van der Waals surface area (Å²) in [5.74, 6) is 0.681. The van der Waals surface area contributed by atoms with Gasteiger partial charge in [0.1, 0.15) is 6.26 Å². The molecular weight excluding hydrogens is 286 g/mol. The van der Waals surface area contributed by atoms with Crippen LogP contribution >= 0.6 is 0 Å². The van der Waals surface area contributed by atoms with Gasteiger partial charge >= 0.3 is 0 Å². The Hall–Kier alpha value is -2.33. The van der Waals surface area contributed by atoms with Crippen LogP contribution < -0.4 is 0 Å². The van der Waals surface area contributed by atoms with Gasteiger partial charge < -0.3 is 13.9 Å². The van der Waals surface area contributed by atoms with E-state index in [2.05, 4.69) is 52.8 Å². The van der Waals surface area contributed by atoms with Gasteiger partial charge in [-0.25, -0.2) is 4.98 Å². The zero-order valence-electron chi connectivity index (χ0n) is 13.8. The van der Waals surface area contributed by atoms with Crippen molar-refractivity contribution < 1.29 is 4.42 Å². The second-order valence-electron chi connectivity index (χ2n) is 6.45. The number of likely N-dealkylation sites (N-methyl/N-ethyl adjacent to an activating group) is 1. The lowest BCUT2D eigenvalue weighted by Crippen LogP contribution is -2.26. The molecule has 4 nitrogen and oxygen atoms in total. The Labute approximate surface area is 136 Å². The second kappa shape index (κ2) is 5.39. The van der Waals surface area contributed by atoms with Gasteiger partial charge in [-0.3, -0.25) is 0 Å². The third-order valence-corrected chi connectivity index (χ3v) is 4.63. The highest BCUT2D eigenvalue weighted by Gasteiger charge is 2.22. The van der Waals surface area contributed by atoms with E-state index in [1.54, 1.807) is 12.5 Å². The fourth-order valence-corrected chi connectivity index (χ4v) is 3.46. The zero-order valence-corrected chi connectivity index (χ0v) is 13.8. The number of aryl methyl sites for hydroxylation is 1. The summed E-state index contributed by atoms with van der Waals surface area (Å²) in [6.45, 7) is 6.30. The molecule has 0 N–H and O–H groups in total. The quantitative estimate of drug-likeness (QED) is 0.719. The fraction of sp³-hybridized carbons (Fsp3) is 0.316. The molecule has 4 heteroatoms. The summed E-state index contributed by atoms with van der Waals surface area (Å²) >= 11 is 0. The molecule has 0 amide bonds. The molecule has 3 aromatic rings. The largest absolute Gasteiger partial charge is 0.445 e. The van der Waals surface area contributed by atoms with Gasteiger partial charge in [-0.15, -0.1) is 0 Å². The van der Waals surface area contributed by atoms with Crippen LogP contribution in [-0.2, 0) is 13.0 Å². The number of rotatable bonds is 2. The molecule has 2 aromatic heterocycles. The minimum atomic E-state index is 0.681. The molecule has 1 aliphatic rings. The molecule has 23 heavy (non-hydrogen) atoms. The van der Waals surface area contributed by atoms with Gasteiger partial charge in [-0.2, -0.15) is 0 Å². The maximum Gasteiger partial charge on any atom is 0.222 e. The molecule has 0 spiro atoms. The predicted molar refractivity (Wildman–Crippen MR) is 93.1 cm³/mol. The molecule has 1 aliphatic heterocycles. The van der Waals surface area contributed by atoms with Crippen LogP contribution in [-0.4, -0.2) is 28.0 Å². The second-order valence-corrected chi connectivity index (χ2v) is 6.45. The van der Waals surface area contributed by atoms with Crippen LogP contribution in [0.1, 0.15) is 29.6 Å². The van der Waals surface area contributed by atoms with E-state index < -0.39 is 0 Å². The van der Waals surface area contributed by atoms with Crippen LogP contribution in [0.3, 0.4) is 0 Å². The number of oxazole rings is 1. The van der Waals surface area contributed by atoms with Crippen molar-refractivity contribution in [3.05, 3.63) is 53.4 Å². The summed E-state index contributed by atoms with van der Waals surface area (Å²) in [7, 11) is 2.19. The molecule has 0 unspecified atom stereocenters. The highest BCUT2D eigenvalue weighted by atomic mass is 16.3. The number of aromatic nitrogens is 2. The van der Waals surface area contributed by atoms with Gasteiger partial charge in [0.15, 0.2) is 0 Å². The highest BCUT2D eigenvalue weighted by Crippen LogP contribution is 2.32. The van der Waals surface area contributed by atoms with Crippen molar-refractivity contribution >= 4 is 22.7 Å². The average molecular weight is 307 g/mol. The maximum atomic E-state index is 5.44. The lowest BCUT2D eigenvalue weighted by Gasteiger charge is -2.23. The van der Waals surface area contributed by atoms with E-state index in [0.717, 1.165) is 25.1 Å². The van der Waals surface area contributed by atoms with E-state index in [1.807, 2.05) is 6.92 Å². The molecule has 0 atom stereocenters. The molecule has 0 saturated heterocycles. The van der Waals surface area contributed by atoms with Crippen molar-refractivity contribution in [3.63, 3.8) is 0 Å². The van der Waals surface area contributed by atoms with Crippen molar-refractivity contribution in [2.45, 2.75) is 26.8 Å². The van der Waals surface area contributed by atoms with Crippen LogP contribution in [0.2, 0.25) is 0 Å². The van der Waals surface area contributed by atoms with E-state index in [-0.39, 0.29) is 0 Å². The van der Waals surface area contributed by atoms with Crippen molar-refractivity contribution in [3.8, 4) is 0 Å². The summed E-state index contributed by atoms with van der Waals surface area (Å²) in [5, 5.41) is 1.36. The normalized spacial score (nSPS) is 16.0. The molecule has 118 valence electrons. The number of nitrogens with zero attached hydrogens (tertiary/aromatic N) is 3. The predicted octanol–water partition coefficient (Wildman–Crippen LogP) is 3.94. The van der Waals surface area contributed by atoms with E-state index in [0.29, 0.717) is 5.89 Å². The Morgan fingerprint density at radius 3 is 3.00 bits per heavy atom. The van der Waals surface area contributed by atoms with Crippen molar-refractivity contribution in [2.24, 2.45) is 0 Å². The van der Waals surface area contributed by atoms with Gasteiger partial charge in [0.2, 0.25) is 5.89 Å². The summed E-state index contributed by atoms with van der Waals surface area (Å²) in [5.41, 5.74) is 6.47. The van der Waals surface area contributed by atoms with Crippen molar-refractivity contribution in [1.29, 1.82) is 0 Å². The van der Waals surface area contributed by atoms with Crippen molar-refractivity contribution in [1.82, 2.24) is 14.5 Å². The number of hydrogen-bond donors (Lipinski definition) is 0. The molecular formula is C19H21N3O. The average Bonchev–Trinajstić information content (AvgIpc) is 3.15. The third-order valence-electron chi connectivity index (χ3n) is 4.63. The topological polar surface area (TPSA) is 34.2 Å². The first-order valence-corrected chi connectivity index (χ1v) is 8.02. The molecule has 4 rings (SSSR count). The SMILES string of the molecule is C/C(=C\n1c2c(c3cc(C)ccc31)CN(C)CC2)c1ncco1. The van der Waals surface area contributed by atoms with Crippen LogP contribution in [0.4, 0.5) is 0 Å². The molecule has 3 heterocycles. The van der Waals surface area contributed by atoms with E-state index in [4.69, 9.17) is 4.42 Å². The summed E-state index contributed by atoms with van der Waals surface area (Å²) in [6, 6.07) is 6.71. The molecule has 0 bridgehead atoms. The summed E-state index contributed by atoms with van der Waals surface area (Å²) < 4.78 is 7.77. The Morgan fingerprint density at radius 2 is 2.22 bits per heavy atom. The molecule has 0 aliphatic carbocycles. The van der Waals surface area contributed by atoms with Crippen LogP contribution in [0.15, 0.2) is 35.1 Å². The summed E-state index contributed by atoms with van der Waals surface area (Å²) in [4.78, 5) is 6.65. The monoisotopic (exact) mass is 307 g/mol. The third kappa shape index (κ3) is 2.39. The Kier molecular flexibility index (Phi) is 3.34. The first kappa shape index (κ1) is 14.3. The Balaban J connectivity index is 1.94. The van der Waals surface area contributed by atoms with Crippen LogP contribution in [0, 0.1) is 6.92 Å². The Morgan fingerprint density at radius 1 is 1.35 bits per heavy atom. The lowest BCUT2D eigenvalue weighted by atomic mass is 10.0. The smallest absolute Gasteiger partial charge is 0.222 e. The standard InChI is InChI=1S/C19H21N3O/c1-13-4-5-17-15(10-13)16-12-21(3)8-6-18(16)22(17)11-14(2)19-20-7-9-23-19/h4-5,7,9-11H,6,8,12H2,1-3H3/b14-11+. The molecule has 0 saturated carbocycles. The van der Waals surface area contributed by atoms with Gasteiger partial charge in [-0.1, -0.05) is 11.6 Å². The van der Waals surface area contributed by atoms with Gasteiger partial charge in [0.05, 0.1) is 11.7 Å². The summed E-state index contributed by atoms with van der Waals surface area (Å²) in [6.07, 6.45) is 6.53. The van der Waals surface area contributed by atoms with Crippen LogP contribution in [0.5, 0.6) is 0 Å². The minimum absolute atomic E-state index is 0.681. The fourth-order valence-electron chi connectivity index (χ4n) is 3.46. The Bertz CT molecular complexity index is 887. The van der Waals surface area contributed by atoms with Gasteiger partial charge in [0.25, 0.3) is 0 Å². The number of benzene rings is 1. The van der Waals surface area contributed by atoms with E-state index in [9.17, 15) is 0 Å². The van der Waals surface area contributed by atoms with Gasteiger partial charge in [0, 0.05) is 42.4 Å². The van der Waals surface area contributed by atoms with Crippen molar-refractivity contribution in [2.75, 3.05) is 13.6 Å². The minimum Gasteiger partial charge on any atom is -0.445 e. The van der Waals surface area contributed by atoms with Crippen LogP contribution in [0.25, 0.3) is 22.7 Å². The zero-order chi connectivity index (χ0) is 16.0. The van der Waals surface area contributed by atoms with E-state index >= 15 is 0 Å². The first-order chi connectivity index (χ1) is 11.1. The molecule has 0 radical (unpaired) electrons. The number of hydrogen-bond acceptors (Lipinski definition) is 3. The first-order valence-electron chi connectivity index (χ1n) is 8.02. The lowest BCUT2D eigenvalue weighted by molar-refractivity contribution is 0.312. The highest BCUT2D eigenvalue weighted by molar-refractivity contribution is 5.90. The molecule has 0 fully saturated rings. The number of allylic oxidation sites excluding steroid dienone is 1. The molecule has 1 aromatic carbocycles. The number of fused-ring (bicyclic) bond motifs is 3.